The van der Waals surface area contributed by atoms with Crippen molar-refractivity contribution in [2.24, 2.45) is 0 Å². The van der Waals surface area contributed by atoms with Crippen LogP contribution in [0.25, 0.3) is 0 Å². The molecule has 1 aliphatic heterocycles. The van der Waals surface area contributed by atoms with Crippen molar-refractivity contribution in [2.75, 3.05) is 18.0 Å². The van der Waals surface area contributed by atoms with Crippen LogP contribution in [0, 0.1) is 5.82 Å². The third-order valence-corrected chi connectivity index (χ3v) is 3.81. The van der Waals surface area contributed by atoms with Crippen LogP contribution in [0.4, 0.5) is 15.8 Å². The zero-order chi connectivity index (χ0) is 13.8. The van der Waals surface area contributed by atoms with Crippen molar-refractivity contribution in [3.63, 3.8) is 0 Å². The molecule has 2 aromatic rings. The molecule has 4 heteroatoms. The fraction of sp³-hybridized carbons (Fsp3) is 0.294. The molecule has 0 aromatic heterocycles. The molecule has 2 aromatic carbocycles. The molecule has 0 saturated carbocycles. The van der Waals surface area contributed by atoms with Crippen molar-refractivity contribution in [2.45, 2.75) is 18.9 Å². The highest BCUT2D eigenvalue weighted by Crippen LogP contribution is 2.30. The summed E-state index contributed by atoms with van der Waals surface area (Å²) in [5.74, 6) is -0.188. The molecule has 2 nitrogen and oxygen atoms in total. The lowest BCUT2D eigenvalue weighted by Gasteiger charge is -2.36. The van der Waals surface area contributed by atoms with Crippen LogP contribution in [0.1, 0.15) is 12.8 Å². The van der Waals surface area contributed by atoms with Crippen LogP contribution in [0.15, 0.2) is 54.6 Å². The smallest absolute Gasteiger partial charge is 0.123 e. The van der Waals surface area contributed by atoms with Crippen molar-refractivity contribution >= 4 is 23.8 Å². The maximum Gasteiger partial charge on any atom is 0.123 e. The Hall–Kier alpha value is -1.58. The molecule has 21 heavy (non-hydrogen) atoms. The first-order valence-corrected chi connectivity index (χ1v) is 7.15. The van der Waals surface area contributed by atoms with Gasteiger partial charge in [0.05, 0.1) is 0 Å². The molecule has 3 rings (SSSR count). The van der Waals surface area contributed by atoms with E-state index in [1.807, 2.05) is 30.3 Å². The summed E-state index contributed by atoms with van der Waals surface area (Å²) in [5.41, 5.74) is 2.23. The average Bonchev–Trinajstić information content (AvgIpc) is 2.52. The Labute approximate surface area is 131 Å². The zero-order valence-corrected chi connectivity index (χ0v) is 12.7. The zero-order valence-electron chi connectivity index (χ0n) is 11.8. The lowest BCUT2D eigenvalue weighted by Crippen LogP contribution is -2.40. The van der Waals surface area contributed by atoms with Gasteiger partial charge in [-0.15, -0.1) is 12.4 Å². The Balaban J connectivity index is 0.00000161. The van der Waals surface area contributed by atoms with E-state index in [1.54, 1.807) is 0 Å². The molecule has 1 aliphatic rings. The molecule has 1 fully saturated rings. The Morgan fingerprint density at radius 3 is 2.05 bits per heavy atom. The van der Waals surface area contributed by atoms with Crippen LogP contribution in [-0.4, -0.2) is 19.1 Å². The molecule has 1 heterocycles. The number of halogens is 2. The van der Waals surface area contributed by atoms with Gasteiger partial charge < -0.3 is 10.2 Å². The minimum atomic E-state index is -0.188. The van der Waals surface area contributed by atoms with E-state index in [9.17, 15) is 4.39 Å². The summed E-state index contributed by atoms with van der Waals surface area (Å²) in [6.07, 6.45) is 2.21. The molecule has 0 atom stereocenters. The van der Waals surface area contributed by atoms with Gasteiger partial charge in [-0.3, -0.25) is 0 Å². The Morgan fingerprint density at radius 2 is 1.43 bits per heavy atom. The Bertz CT molecular complexity index is 538. The van der Waals surface area contributed by atoms with E-state index in [0.29, 0.717) is 6.04 Å². The van der Waals surface area contributed by atoms with Gasteiger partial charge in [0.1, 0.15) is 5.82 Å². The van der Waals surface area contributed by atoms with E-state index in [0.717, 1.165) is 31.6 Å². The molecule has 0 bridgehead atoms. The number of hydrogen-bond acceptors (Lipinski definition) is 2. The SMILES string of the molecule is Cl.Fc1ccc(N(c2ccccc2)C2CCNCC2)cc1. The first kappa shape index (κ1) is 15.8. The molecule has 112 valence electrons. The fourth-order valence-electron chi connectivity index (χ4n) is 2.83. The summed E-state index contributed by atoms with van der Waals surface area (Å²) in [4.78, 5) is 2.33. The highest BCUT2D eigenvalue weighted by Gasteiger charge is 2.22. The van der Waals surface area contributed by atoms with Gasteiger partial charge in [0.25, 0.3) is 0 Å². The monoisotopic (exact) mass is 306 g/mol. The van der Waals surface area contributed by atoms with Gasteiger partial charge in [0.2, 0.25) is 0 Å². The summed E-state index contributed by atoms with van der Waals surface area (Å²) >= 11 is 0. The van der Waals surface area contributed by atoms with Gasteiger partial charge in [-0.2, -0.15) is 0 Å². The molecule has 0 spiro atoms. The number of para-hydroxylation sites is 1. The minimum absolute atomic E-state index is 0. The van der Waals surface area contributed by atoms with Gasteiger partial charge in [-0.05, 0) is 62.3 Å². The van der Waals surface area contributed by atoms with Crippen molar-refractivity contribution < 1.29 is 4.39 Å². The predicted molar refractivity (Wildman–Crippen MR) is 88.1 cm³/mol. The van der Waals surface area contributed by atoms with Crippen LogP contribution in [0.5, 0.6) is 0 Å². The lowest BCUT2D eigenvalue weighted by atomic mass is 10.0. The molecule has 0 aliphatic carbocycles. The number of benzene rings is 2. The van der Waals surface area contributed by atoms with Gasteiger partial charge in [-0.25, -0.2) is 4.39 Å². The molecule has 1 N–H and O–H groups in total. The van der Waals surface area contributed by atoms with E-state index in [1.165, 1.54) is 17.8 Å². The highest BCUT2D eigenvalue weighted by atomic mass is 35.5. The van der Waals surface area contributed by atoms with Crippen LogP contribution in [-0.2, 0) is 0 Å². The summed E-state index contributed by atoms with van der Waals surface area (Å²) in [5, 5.41) is 3.39. The van der Waals surface area contributed by atoms with E-state index < -0.39 is 0 Å². The summed E-state index contributed by atoms with van der Waals surface area (Å²) < 4.78 is 13.2. The largest absolute Gasteiger partial charge is 0.338 e. The van der Waals surface area contributed by atoms with Crippen molar-refractivity contribution in [3.05, 3.63) is 60.4 Å². The van der Waals surface area contributed by atoms with E-state index >= 15 is 0 Å². The van der Waals surface area contributed by atoms with Gasteiger partial charge in [0.15, 0.2) is 0 Å². The molecule has 1 saturated heterocycles. The maximum atomic E-state index is 13.2. The van der Waals surface area contributed by atoms with Crippen LogP contribution in [0.2, 0.25) is 0 Å². The van der Waals surface area contributed by atoms with Crippen LogP contribution < -0.4 is 10.2 Å². The molecular weight excluding hydrogens is 287 g/mol. The van der Waals surface area contributed by atoms with E-state index in [4.69, 9.17) is 0 Å². The van der Waals surface area contributed by atoms with E-state index in [2.05, 4.69) is 22.3 Å². The van der Waals surface area contributed by atoms with Gasteiger partial charge in [-0.1, -0.05) is 18.2 Å². The van der Waals surface area contributed by atoms with Gasteiger partial charge in [0, 0.05) is 17.4 Å². The minimum Gasteiger partial charge on any atom is -0.338 e. The fourth-order valence-corrected chi connectivity index (χ4v) is 2.83. The van der Waals surface area contributed by atoms with E-state index in [-0.39, 0.29) is 18.2 Å². The molecular formula is C17H20ClFN2. The first-order valence-electron chi connectivity index (χ1n) is 7.15. The quantitative estimate of drug-likeness (QED) is 0.917. The molecule has 0 unspecified atom stereocenters. The number of nitrogens with zero attached hydrogens (tertiary/aromatic N) is 1. The summed E-state index contributed by atoms with van der Waals surface area (Å²) in [6, 6.07) is 17.6. The van der Waals surface area contributed by atoms with Crippen molar-refractivity contribution in [1.29, 1.82) is 0 Å². The van der Waals surface area contributed by atoms with Crippen molar-refractivity contribution in [3.8, 4) is 0 Å². The number of nitrogens with one attached hydrogen (secondary N) is 1. The average molecular weight is 307 g/mol. The number of anilines is 2. The second-order valence-electron chi connectivity index (χ2n) is 5.16. The van der Waals surface area contributed by atoms with Crippen LogP contribution >= 0.6 is 12.4 Å². The molecule has 0 radical (unpaired) electrons. The highest BCUT2D eigenvalue weighted by molar-refractivity contribution is 5.85. The second kappa shape index (κ2) is 7.43. The Kier molecular flexibility index (Phi) is 5.59. The van der Waals surface area contributed by atoms with Crippen LogP contribution in [0.3, 0.4) is 0 Å². The number of piperidine rings is 1. The standard InChI is InChI=1S/C17H19FN2.ClH/c18-14-6-8-16(9-7-14)20(15-4-2-1-3-5-15)17-10-12-19-13-11-17;/h1-9,17,19H,10-13H2;1H. The molecule has 0 amide bonds. The lowest BCUT2D eigenvalue weighted by molar-refractivity contribution is 0.452. The van der Waals surface area contributed by atoms with Crippen molar-refractivity contribution in [1.82, 2.24) is 5.32 Å². The second-order valence-corrected chi connectivity index (χ2v) is 5.16. The van der Waals surface area contributed by atoms with Gasteiger partial charge >= 0.3 is 0 Å². The normalized spacial score (nSPS) is 15.3. The Morgan fingerprint density at radius 1 is 0.857 bits per heavy atom. The third-order valence-electron chi connectivity index (χ3n) is 3.81. The summed E-state index contributed by atoms with van der Waals surface area (Å²) in [7, 11) is 0. The third kappa shape index (κ3) is 3.74. The number of hydrogen-bond donors (Lipinski definition) is 1. The first-order chi connectivity index (χ1) is 9.84. The topological polar surface area (TPSA) is 15.3 Å². The maximum absolute atomic E-state index is 13.2. The number of rotatable bonds is 3. The predicted octanol–water partition coefficient (Wildman–Crippen LogP) is 4.14. The summed E-state index contributed by atoms with van der Waals surface area (Å²) in [6.45, 7) is 2.07.